The van der Waals surface area contributed by atoms with Crippen molar-refractivity contribution in [3.63, 3.8) is 0 Å². The first-order chi connectivity index (χ1) is 7.69. The third-order valence-corrected chi connectivity index (χ3v) is 2.17. The van der Waals surface area contributed by atoms with Crippen molar-refractivity contribution >= 4 is 0 Å². The van der Waals surface area contributed by atoms with Gasteiger partial charge >= 0.3 is 0 Å². The zero-order valence-electron chi connectivity index (χ0n) is 11.0. The molecule has 2 nitrogen and oxygen atoms in total. The average Bonchev–Trinajstić information content (AvgIpc) is 2.25. The third kappa shape index (κ3) is 5.64. The van der Waals surface area contributed by atoms with Crippen LogP contribution in [-0.4, -0.2) is 13.7 Å². The molecule has 0 saturated carbocycles. The monoisotopic (exact) mass is 224 g/mol. The maximum Gasteiger partial charge on any atom is 0.157 e. The molecule has 0 aliphatic carbocycles. The van der Waals surface area contributed by atoms with E-state index in [0.29, 0.717) is 13.0 Å². The molecule has 0 saturated heterocycles. The lowest BCUT2D eigenvalue weighted by Crippen LogP contribution is -1.98. The molecule has 0 N–H and O–H groups in total. The third-order valence-electron chi connectivity index (χ3n) is 2.17. The summed E-state index contributed by atoms with van der Waals surface area (Å²) in [5.41, 5.74) is 1.31. The van der Waals surface area contributed by atoms with Crippen molar-refractivity contribution in [3.05, 3.63) is 35.8 Å². The highest BCUT2D eigenvalue weighted by atomic mass is 16.5. The molecule has 92 valence electrons. The molecule has 16 heavy (non-hydrogen) atoms. The van der Waals surface area contributed by atoms with Gasteiger partial charge in [0.1, 0.15) is 5.76 Å². The topological polar surface area (TPSA) is 18.5 Å². The van der Waals surface area contributed by atoms with E-state index in [2.05, 4.69) is 26.5 Å². The smallest absolute Gasteiger partial charge is 0.157 e. The highest BCUT2D eigenvalue weighted by molar-refractivity contribution is 5.22. The lowest BCUT2D eigenvalue weighted by molar-refractivity contribution is 0.195. The van der Waals surface area contributed by atoms with Crippen LogP contribution in [0.2, 0.25) is 0 Å². The molecule has 0 amide bonds. The molecular formula is C14H24O2. The van der Waals surface area contributed by atoms with Gasteiger partial charge in [-0.1, -0.05) is 25.0 Å². The SMILES string of the molecule is C=CC/C(OC)=C(\C=C(\C)CCC)OCC. The summed E-state index contributed by atoms with van der Waals surface area (Å²) in [7, 11) is 1.67. The van der Waals surface area contributed by atoms with E-state index in [1.807, 2.05) is 13.0 Å². The minimum Gasteiger partial charge on any atom is -0.497 e. The van der Waals surface area contributed by atoms with Crippen molar-refractivity contribution in [2.75, 3.05) is 13.7 Å². The summed E-state index contributed by atoms with van der Waals surface area (Å²) >= 11 is 0. The second-order valence-electron chi connectivity index (χ2n) is 3.66. The summed E-state index contributed by atoms with van der Waals surface area (Å²) < 4.78 is 10.9. The fourth-order valence-corrected chi connectivity index (χ4v) is 1.46. The van der Waals surface area contributed by atoms with E-state index in [1.54, 1.807) is 7.11 Å². The maximum absolute atomic E-state index is 5.60. The second kappa shape index (κ2) is 9.08. The normalized spacial score (nSPS) is 13.1. The number of hydrogen-bond acceptors (Lipinski definition) is 2. The van der Waals surface area contributed by atoms with Crippen LogP contribution in [0, 0.1) is 0 Å². The Kier molecular flexibility index (Phi) is 8.41. The van der Waals surface area contributed by atoms with Crippen LogP contribution in [0.25, 0.3) is 0 Å². The molecule has 0 unspecified atom stereocenters. The number of allylic oxidation sites excluding steroid dienone is 3. The van der Waals surface area contributed by atoms with Crippen molar-refractivity contribution in [2.24, 2.45) is 0 Å². The van der Waals surface area contributed by atoms with Gasteiger partial charge in [-0.05, 0) is 26.3 Å². The Labute approximate surface area is 99.6 Å². The van der Waals surface area contributed by atoms with Crippen LogP contribution in [0.3, 0.4) is 0 Å². The summed E-state index contributed by atoms with van der Waals surface area (Å²) in [4.78, 5) is 0. The van der Waals surface area contributed by atoms with E-state index in [0.717, 1.165) is 24.4 Å². The van der Waals surface area contributed by atoms with Crippen LogP contribution in [0.1, 0.15) is 40.0 Å². The van der Waals surface area contributed by atoms with Crippen LogP contribution in [0.15, 0.2) is 35.8 Å². The molecule has 0 aliphatic heterocycles. The minimum atomic E-state index is 0.648. The molecule has 0 aromatic carbocycles. The largest absolute Gasteiger partial charge is 0.497 e. The van der Waals surface area contributed by atoms with Gasteiger partial charge in [0.2, 0.25) is 0 Å². The van der Waals surface area contributed by atoms with Crippen molar-refractivity contribution in [1.82, 2.24) is 0 Å². The fraction of sp³-hybridized carbons (Fsp3) is 0.571. The van der Waals surface area contributed by atoms with Crippen LogP contribution >= 0.6 is 0 Å². The standard InChI is InChI=1S/C14H24O2/c1-6-9-12(4)11-14(16-8-3)13(15-5)10-7-2/h7,11H,2,6,8-10H2,1,3-5H3/b12-11-,14-13-. The maximum atomic E-state index is 5.60. The Morgan fingerprint density at radius 3 is 2.44 bits per heavy atom. The predicted octanol–water partition coefficient (Wildman–Crippen LogP) is 4.20. The van der Waals surface area contributed by atoms with Crippen molar-refractivity contribution in [2.45, 2.75) is 40.0 Å². The summed E-state index contributed by atoms with van der Waals surface area (Å²) in [6.07, 6.45) is 6.81. The Balaban J connectivity index is 4.93. The van der Waals surface area contributed by atoms with Crippen LogP contribution in [-0.2, 0) is 9.47 Å². The van der Waals surface area contributed by atoms with Crippen LogP contribution in [0.4, 0.5) is 0 Å². The first-order valence-corrected chi connectivity index (χ1v) is 5.87. The van der Waals surface area contributed by atoms with Gasteiger partial charge in [0.25, 0.3) is 0 Å². The molecule has 0 atom stereocenters. The lowest BCUT2D eigenvalue weighted by atomic mass is 10.1. The Morgan fingerprint density at radius 1 is 1.31 bits per heavy atom. The average molecular weight is 224 g/mol. The van der Waals surface area contributed by atoms with Crippen molar-refractivity contribution in [3.8, 4) is 0 Å². The molecule has 0 aliphatic rings. The second-order valence-corrected chi connectivity index (χ2v) is 3.66. The molecule has 0 fully saturated rings. The molecule has 0 radical (unpaired) electrons. The number of hydrogen-bond donors (Lipinski definition) is 0. The molecule has 0 aromatic rings. The molecule has 0 spiro atoms. The lowest BCUT2D eigenvalue weighted by Gasteiger charge is -2.11. The van der Waals surface area contributed by atoms with Gasteiger partial charge in [-0.25, -0.2) is 0 Å². The van der Waals surface area contributed by atoms with Gasteiger partial charge in [-0.3, -0.25) is 0 Å². The van der Waals surface area contributed by atoms with Crippen LogP contribution < -0.4 is 0 Å². The zero-order valence-corrected chi connectivity index (χ0v) is 11.0. The van der Waals surface area contributed by atoms with E-state index in [9.17, 15) is 0 Å². The zero-order chi connectivity index (χ0) is 12.4. The van der Waals surface area contributed by atoms with Gasteiger partial charge in [0, 0.05) is 6.42 Å². The van der Waals surface area contributed by atoms with E-state index < -0.39 is 0 Å². The molecular weight excluding hydrogens is 200 g/mol. The van der Waals surface area contributed by atoms with E-state index in [-0.39, 0.29) is 0 Å². The van der Waals surface area contributed by atoms with Gasteiger partial charge in [-0.15, -0.1) is 6.58 Å². The Hall–Kier alpha value is -1.18. The molecule has 0 rings (SSSR count). The number of methoxy groups -OCH3 is 1. The fourth-order valence-electron chi connectivity index (χ4n) is 1.46. The summed E-state index contributed by atoms with van der Waals surface area (Å²) in [5.74, 6) is 1.67. The van der Waals surface area contributed by atoms with Gasteiger partial charge in [0.05, 0.1) is 13.7 Å². The van der Waals surface area contributed by atoms with Crippen LogP contribution in [0.5, 0.6) is 0 Å². The van der Waals surface area contributed by atoms with Gasteiger partial charge in [-0.2, -0.15) is 0 Å². The number of ether oxygens (including phenoxy) is 2. The Morgan fingerprint density at radius 2 is 2.00 bits per heavy atom. The van der Waals surface area contributed by atoms with Crippen molar-refractivity contribution < 1.29 is 9.47 Å². The number of rotatable bonds is 8. The summed E-state index contributed by atoms with van der Waals surface area (Å²) in [6, 6.07) is 0. The minimum absolute atomic E-state index is 0.648. The van der Waals surface area contributed by atoms with Gasteiger partial charge < -0.3 is 9.47 Å². The quantitative estimate of drug-likeness (QED) is 0.349. The predicted molar refractivity (Wildman–Crippen MR) is 69.1 cm³/mol. The van der Waals surface area contributed by atoms with E-state index in [4.69, 9.17) is 9.47 Å². The molecule has 0 heterocycles. The summed E-state index contributed by atoms with van der Waals surface area (Å²) in [5, 5.41) is 0. The highest BCUT2D eigenvalue weighted by Gasteiger charge is 2.05. The first-order valence-electron chi connectivity index (χ1n) is 5.87. The van der Waals surface area contributed by atoms with Gasteiger partial charge in [0.15, 0.2) is 5.76 Å². The molecule has 2 heteroatoms. The van der Waals surface area contributed by atoms with E-state index >= 15 is 0 Å². The molecule has 0 bridgehead atoms. The highest BCUT2D eigenvalue weighted by Crippen LogP contribution is 2.17. The summed E-state index contributed by atoms with van der Waals surface area (Å²) in [6.45, 7) is 10.6. The van der Waals surface area contributed by atoms with E-state index in [1.165, 1.54) is 5.57 Å². The van der Waals surface area contributed by atoms with Crippen molar-refractivity contribution in [1.29, 1.82) is 0 Å². The molecule has 0 aromatic heterocycles. The first kappa shape index (κ1) is 14.8. The Bertz CT molecular complexity index is 262.